The monoisotopic (exact) mass is 470 g/mol. The Morgan fingerprint density at radius 3 is 2.55 bits per heavy atom. The van der Waals surface area contributed by atoms with Gasteiger partial charge in [-0.3, -0.25) is 4.79 Å². The van der Waals surface area contributed by atoms with Crippen molar-refractivity contribution in [2.45, 2.75) is 55.9 Å². The molecule has 0 spiro atoms. The van der Waals surface area contributed by atoms with E-state index in [-0.39, 0.29) is 34.8 Å². The van der Waals surface area contributed by atoms with Gasteiger partial charge in [0.05, 0.1) is 9.92 Å². The summed E-state index contributed by atoms with van der Waals surface area (Å²) in [5.74, 6) is -0.146. The maximum Gasteiger partial charge on any atom is 0.243 e. The topological polar surface area (TPSA) is 105 Å². The molecule has 1 aliphatic heterocycles. The van der Waals surface area contributed by atoms with E-state index in [1.165, 1.54) is 10.4 Å². The highest BCUT2D eigenvalue weighted by atomic mass is 35.5. The molecule has 2 fully saturated rings. The van der Waals surface area contributed by atoms with Crippen molar-refractivity contribution in [1.29, 1.82) is 0 Å². The summed E-state index contributed by atoms with van der Waals surface area (Å²) in [6.07, 6.45) is 4.20. The molecule has 0 unspecified atom stereocenters. The third-order valence-corrected chi connectivity index (χ3v) is 8.31. The summed E-state index contributed by atoms with van der Waals surface area (Å²) in [6, 6.07) is 3.35. The maximum absolute atomic E-state index is 13.4. The molecular weight excluding hydrogens is 447 g/mol. The molecule has 0 radical (unpaired) electrons. The Bertz CT molecular complexity index is 1080. The number of hydrogen-bond acceptors (Lipinski definition) is 6. The van der Waals surface area contributed by atoms with Crippen LogP contribution < -0.4 is 5.32 Å². The molecule has 1 aromatic carbocycles. The zero-order valence-corrected chi connectivity index (χ0v) is 18.7. The van der Waals surface area contributed by atoms with Crippen LogP contribution in [0.5, 0.6) is 0 Å². The van der Waals surface area contributed by atoms with Gasteiger partial charge in [-0.2, -0.15) is 9.29 Å². The van der Waals surface area contributed by atoms with E-state index < -0.39 is 21.4 Å². The van der Waals surface area contributed by atoms with Crippen LogP contribution in [-0.4, -0.2) is 41.9 Å². The van der Waals surface area contributed by atoms with Crippen molar-refractivity contribution in [3.8, 4) is 0 Å². The van der Waals surface area contributed by atoms with E-state index in [0.717, 1.165) is 37.8 Å². The molecule has 1 saturated heterocycles. The Morgan fingerprint density at radius 1 is 1.29 bits per heavy atom. The highest BCUT2D eigenvalue weighted by Crippen LogP contribution is 2.38. The van der Waals surface area contributed by atoms with Crippen LogP contribution in [0.4, 0.5) is 4.39 Å². The quantitative estimate of drug-likeness (QED) is 0.719. The Labute approximate surface area is 185 Å². The molecule has 31 heavy (non-hydrogen) atoms. The van der Waals surface area contributed by atoms with Gasteiger partial charge in [0.1, 0.15) is 11.4 Å². The first-order chi connectivity index (χ1) is 14.7. The second-order valence-corrected chi connectivity index (χ2v) is 10.5. The van der Waals surface area contributed by atoms with Crippen LogP contribution in [0.3, 0.4) is 0 Å². The Morgan fingerprint density at radius 2 is 1.97 bits per heavy atom. The number of piperidine rings is 1. The lowest BCUT2D eigenvalue weighted by Gasteiger charge is -2.33. The molecule has 1 aromatic heterocycles. The first-order valence-corrected chi connectivity index (χ1v) is 12.1. The smallest absolute Gasteiger partial charge is 0.243 e. The first-order valence-electron chi connectivity index (χ1n) is 10.3. The standard InChI is InChI=1S/C20H24ClFN4O4S/c1-13-23-19(25-30-13)20(8-2-3-9-20)24-18(27)14-6-10-26(11-7-14)31(28,29)15-4-5-17(22)16(21)12-15/h4-5,12,14H,2-3,6-11H2,1H3,(H,24,27). The van der Waals surface area contributed by atoms with Gasteiger partial charge in [-0.25, -0.2) is 12.8 Å². The van der Waals surface area contributed by atoms with Gasteiger partial charge in [0.2, 0.25) is 21.8 Å². The van der Waals surface area contributed by atoms with E-state index in [4.69, 9.17) is 16.1 Å². The molecular formula is C20H24ClFN4O4S. The van der Waals surface area contributed by atoms with E-state index in [9.17, 15) is 17.6 Å². The predicted octanol–water partition coefficient (Wildman–Crippen LogP) is 3.16. The van der Waals surface area contributed by atoms with E-state index in [0.29, 0.717) is 24.6 Å². The van der Waals surface area contributed by atoms with E-state index in [1.54, 1.807) is 6.92 Å². The molecule has 1 saturated carbocycles. The molecule has 0 atom stereocenters. The third-order valence-electron chi connectivity index (χ3n) is 6.13. The van der Waals surface area contributed by atoms with Crippen LogP contribution in [0.1, 0.15) is 50.2 Å². The van der Waals surface area contributed by atoms with Gasteiger partial charge < -0.3 is 9.84 Å². The molecule has 2 aliphatic rings. The number of carbonyl (C=O) groups excluding carboxylic acids is 1. The summed E-state index contributed by atoms with van der Waals surface area (Å²) in [6.45, 7) is 2.11. The van der Waals surface area contributed by atoms with Crippen molar-refractivity contribution in [2.24, 2.45) is 5.92 Å². The summed E-state index contributed by atoms with van der Waals surface area (Å²) in [5.41, 5.74) is -0.622. The minimum atomic E-state index is -3.81. The lowest BCUT2D eigenvalue weighted by atomic mass is 9.92. The Balaban J connectivity index is 1.42. The van der Waals surface area contributed by atoms with Crippen LogP contribution in [0.25, 0.3) is 0 Å². The van der Waals surface area contributed by atoms with Crippen LogP contribution in [-0.2, 0) is 20.4 Å². The predicted molar refractivity (Wildman–Crippen MR) is 110 cm³/mol. The van der Waals surface area contributed by atoms with Gasteiger partial charge in [0.25, 0.3) is 0 Å². The normalized spacial score (nSPS) is 20.1. The van der Waals surface area contributed by atoms with Crippen LogP contribution in [0.2, 0.25) is 5.02 Å². The second kappa shape index (κ2) is 8.48. The fourth-order valence-corrected chi connectivity index (χ4v) is 6.10. The number of rotatable bonds is 5. The molecule has 1 N–H and O–H groups in total. The van der Waals surface area contributed by atoms with Crippen molar-refractivity contribution in [3.05, 3.63) is 40.8 Å². The number of nitrogens with zero attached hydrogens (tertiary/aromatic N) is 3. The third kappa shape index (κ3) is 4.33. The van der Waals surface area contributed by atoms with E-state index in [1.807, 2.05) is 0 Å². The lowest BCUT2D eigenvalue weighted by Crippen LogP contribution is -2.49. The zero-order valence-electron chi connectivity index (χ0n) is 17.1. The SMILES string of the molecule is Cc1nc(C2(NC(=O)C3CCN(S(=O)(=O)c4ccc(F)c(Cl)c4)CC3)CCCC2)no1. The van der Waals surface area contributed by atoms with Gasteiger partial charge in [-0.1, -0.05) is 29.6 Å². The van der Waals surface area contributed by atoms with Crippen molar-refractivity contribution in [1.82, 2.24) is 19.8 Å². The van der Waals surface area contributed by atoms with Gasteiger partial charge >= 0.3 is 0 Å². The number of halogens is 2. The molecule has 168 valence electrons. The summed E-state index contributed by atoms with van der Waals surface area (Å²) in [4.78, 5) is 17.3. The molecule has 1 amide bonds. The van der Waals surface area contributed by atoms with Crippen molar-refractivity contribution >= 4 is 27.5 Å². The largest absolute Gasteiger partial charge is 0.343 e. The highest BCUT2D eigenvalue weighted by Gasteiger charge is 2.43. The maximum atomic E-state index is 13.4. The minimum absolute atomic E-state index is 0.0563. The number of carbonyl (C=O) groups is 1. The van der Waals surface area contributed by atoms with Crippen molar-refractivity contribution < 1.29 is 22.1 Å². The summed E-state index contributed by atoms with van der Waals surface area (Å²) < 4.78 is 45.5. The summed E-state index contributed by atoms with van der Waals surface area (Å²) in [5, 5.41) is 6.93. The Hall–Kier alpha value is -2.04. The van der Waals surface area contributed by atoms with Crippen molar-refractivity contribution in [3.63, 3.8) is 0 Å². The van der Waals surface area contributed by atoms with Crippen LogP contribution in [0.15, 0.2) is 27.6 Å². The number of nitrogens with one attached hydrogen (secondary N) is 1. The average molecular weight is 471 g/mol. The molecule has 4 rings (SSSR count). The number of aryl methyl sites for hydroxylation is 1. The van der Waals surface area contributed by atoms with Gasteiger partial charge in [0, 0.05) is 25.9 Å². The van der Waals surface area contributed by atoms with Crippen LogP contribution in [0, 0.1) is 18.7 Å². The number of benzene rings is 1. The second-order valence-electron chi connectivity index (χ2n) is 8.17. The molecule has 8 nitrogen and oxygen atoms in total. The number of sulfonamides is 1. The summed E-state index contributed by atoms with van der Waals surface area (Å²) in [7, 11) is -3.81. The molecule has 2 aromatic rings. The van der Waals surface area contributed by atoms with Gasteiger partial charge in [0.15, 0.2) is 5.82 Å². The number of hydrogen-bond donors (Lipinski definition) is 1. The Kier molecular flexibility index (Phi) is 6.06. The van der Waals surface area contributed by atoms with Gasteiger partial charge in [-0.05, 0) is 43.9 Å². The zero-order chi connectivity index (χ0) is 22.2. The molecule has 11 heteroatoms. The first kappa shape index (κ1) is 22.2. The van der Waals surface area contributed by atoms with Gasteiger partial charge in [-0.15, -0.1) is 0 Å². The lowest BCUT2D eigenvalue weighted by molar-refractivity contribution is -0.128. The summed E-state index contributed by atoms with van der Waals surface area (Å²) >= 11 is 5.74. The number of amides is 1. The minimum Gasteiger partial charge on any atom is -0.343 e. The average Bonchev–Trinajstić information content (AvgIpc) is 3.40. The van der Waals surface area contributed by atoms with Crippen LogP contribution >= 0.6 is 11.6 Å². The van der Waals surface area contributed by atoms with Crippen molar-refractivity contribution in [2.75, 3.05) is 13.1 Å². The molecule has 2 heterocycles. The molecule has 0 bridgehead atoms. The van der Waals surface area contributed by atoms with E-state index >= 15 is 0 Å². The molecule has 1 aliphatic carbocycles. The fraction of sp³-hybridized carbons (Fsp3) is 0.550. The van der Waals surface area contributed by atoms with E-state index in [2.05, 4.69) is 15.5 Å². The number of aromatic nitrogens is 2. The fourth-order valence-electron chi connectivity index (χ4n) is 4.36. The highest BCUT2D eigenvalue weighted by molar-refractivity contribution is 7.89.